The summed E-state index contributed by atoms with van der Waals surface area (Å²) in [4.78, 5) is 0.000584. The lowest BCUT2D eigenvalue weighted by molar-refractivity contribution is 0.457. The van der Waals surface area contributed by atoms with Gasteiger partial charge in [0.15, 0.2) is 9.84 Å². The summed E-state index contributed by atoms with van der Waals surface area (Å²) in [6.45, 7) is 1.04. The van der Waals surface area contributed by atoms with Gasteiger partial charge in [-0.2, -0.15) is 0 Å². The molecule has 1 heterocycles. The molecule has 1 aliphatic heterocycles. The van der Waals surface area contributed by atoms with Crippen LogP contribution in [0.1, 0.15) is 18.4 Å². The summed E-state index contributed by atoms with van der Waals surface area (Å²) < 4.78 is 22.7. The van der Waals surface area contributed by atoms with Crippen LogP contribution in [0, 0.1) is 0 Å². The Balaban J connectivity index is 2.19. The van der Waals surface area contributed by atoms with Gasteiger partial charge < -0.3 is 10.4 Å². The Bertz CT molecular complexity index is 504. The molecule has 1 fully saturated rings. The van der Waals surface area contributed by atoms with Crippen LogP contribution in [0.15, 0.2) is 23.1 Å². The quantitative estimate of drug-likeness (QED) is 0.848. The van der Waals surface area contributed by atoms with Gasteiger partial charge in [0.25, 0.3) is 0 Å². The molecule has 5 heteroatoms. The minimum absolute atomic E-state index is 0.000584. The van der Waals surface area contributed by atoms with E-state index in [1.54, 1.807) is 12.1 Å². The number of hydrogen-bond donors (Lipinski definition) is 2. The van der Waals surface area contributed by atoms with Crippen molar-refractivity contribution in [1.82, 2.24) is 5.32 Å². The zero-order valence-corrected chi connectivity index (χ0v) is 10.6. The van der Waals surface area contributed by atoms with Crippen molar-refractivity contribution in [1.29, 1.82) is 0 Å². The summed E-state index contributed by atoms with van der Waals surface area (Å²) in [5.74, 6) is -0.150. The normalized spacial score (nSPS) is 20.6. The second-order valence-electron chi connectivity index (χ2n) is 4.57. The van der Waals surface area contributed by atoms with Crippen molar-refractivity contribution >= 4 is 9.84 Å². The Morgan fingerprint density at radius 1 is 1.47 bits per heavy atom. The first kappa shape index (κ1) is 12.4. The van der Waals surface area contributed by atoms with E-state index in [1.165, 1.54) is 12.5 Å². The van der Waals surface area contributed by atoms with Gasteiger partial charge in [0.2, 0.25) is 0 Å². The SMILES string of the molecule is CS(=O)(=O)c1ccc(CC2CCCN2)cc1O. The number of phenols is 1. The molecule has 1 saturated heterocycles. The summed E-state index contributed by atoms with van der Waals surface area (Å²) >= 11 is 0. The van der Waals surface area contributed by atoms with E-state index in [9.17, 15) is 13.5 Å². The number of nitrogens with one attached hydrogen (secondary N) is 1. The third kappa shape index (κ3) is 2.98. The van der Waals surface area contributed by atoms with E-state index in [-0.39, 0.29) is 10.6 Å². The molecule has 4 nitrogen and oxygen atoms in total. The molecule has 0 spiro atoms. The number of hydrogen-bond acceptors (Lipinski definition) is 4. The highest BCUT2D eigenvalue weighted by molar-refractivity contribution is 7.90. The largest absolute Gasteiger partial charge is 0.507 e. The van der Waals surface area contributed by atoms with Crippen molar-refractivity contribution in [2.24, 2.45) is 0 Å². The maximum Gasteiger partial charge on any atom is 0.179 e. The van der Waals surface area contributed by atoms with E-state index >= 15 is 0 Å². The second kappa shape index (κ2) is 4.66. The molecule has 0 bridgehead atoms. The lowest BCUT2D eigenvalue weighted by atomic mass is 10.0. The fourth-order valence-electron chi connectivity index (χ4n) is 2.22. The zero-order valence-electron chi connectivity index (χ0n) is 9.81. The number of aromatic hydroxyl groups is 1. The van der Waals surface area contributed by atoms with Gasteiger partial charge in [-0.25, -0.2) is 8.42 Å². The molecule has 1 atom stereocenters. The summed E-state index contributed by atoms with van der Waals surface area (Å²) in [6, 6.07) is 5.25. The minimum atomic E-state index is -3.34. The van der Waals surface area contributed by atoms with Crippen LogP contribution in [0.25, 0.3) is 0 Å². The number of phenolic OH excluding ortho intramolecular Hbond substituents is 1. The number of sulfone groups is 1. The highest BCUT2D eigenvalue weighted by Gasteiger charge is 2.17. The van der Waals surface area contributed by atoms with Gasteiger partial charge in [0.05, 0.1) is 0 Å². The van der Waals surface area contributed by atoms with E-state index < -0.39 is 9.84 Å². The van der Waals surface area contributed by atoms with Crippen molar-refractivity contribution in [2.45, 2.75) is 30.2 Å². The first-order valence-electron chi connectivity index (χ1n) is 5.72. The summed E-state index contributed by atoms with van der Waals surface area (Å²) in [6.07, 6.45) is 4.24. The number of benzene rings is 1. The van der Waals surface area contributed by atoms with Crippen LogP contribution in [0.3, 0.4) is 0 Å². The second-order valence-corrected chi connectivity index (χ2v) is 6.56. The molecule has 2 N–H and O–H groups in total. The third-order valence-corrected chi connectivity index (χ3v) is 4.21. The zero-order chi connectivity index (χ0) is 12.5. The summed E-state index contributed by atoms with van der Waals surface area (Å²) in [5.41, 5.74) is 0.967. The Morgan fingerprint density at radius 2 is 2.24 bits per heavy atom. The molecule has 1 aromatic rings. The number of rotatable bonds is 3. The van der Waals surface area contributed by atoms with Crippen molar-refractivity contribution in [3.63, 3.8) is 0 Å². The molecular formula is C12H17NO3S. The summed E-state index contributed by atoms with van der Waals surface area (Å²) in [7, 11) is -3.34. The van der Waals surface area contributed by atoms with Gasteiger partial charge >= 0.3 is 0 Å². The van der Waals surface area contributed by atoms with Gasteiger partial charge in [-0.15, -0.1) is 0 Å². The van der Waals surface area contributed by atoms with Gasteiger partial charge in [-0.1, -0.05) is 6.07 Å². The van der Waals surface area contributed by atoms with Gasteiger partial charge in [0.1, 0.15) is 10.6 Å². The summed E-state index contributed by atoms with van der Waals surface area (Å²) in [5, 5.41) is 13.1. The standard InChI is InChI=1S/C12H17NO3S/c1-17(15,16)12-5-4-9(8-11(12)14)7-10-3-2-6-13-10/h4-5,8,10,13-14H,2-3,6-7H2,1H3. The fraction of sp³-hybridized carbons (Fsp3) is 0.500. The molecule has 1 aliphatic rings. The topological polar surface area (TPSA) is 66.4 Å². The lowest BCUT2D eigenvalue weighted by Gasteiger charge is -2.11. The fourth-order valence-corrected chi connectivity index (χ4v) is 2.97. The van der Waals surface area contributed by atoms with Crippen molar-refractivity contribution in [3.8, 4) is 5.75 Å². The smallest absolute Gasteiger partial charge is 0.179 e. The van der Waals surface area contributed by atoms with Crippen LogP contribution in [-0.4, -0.2) is 32.4 Å². The predicted molar refractivity (Wildman–Crippen MR) is 65.9 cm³/mol. The molecule has 17 heavy (non-hydrogen) atoms. The van der Waals surface area contributed by atoms with Crippen molar-refractivity contribution in [2.75, 3.05) is 12.8 Å². The predicted octanol–water partition coefficient (Wildman–Crippen LogP) is 1.09. The van der Waals surface area contributed by atoms with Crippen LogP contribution in [-0.2, 0) is 16.3 Å². The van der Waals surface area contributed by atoms with Crippen LogP contribution in [0.5, 0.6) is 5.75 Å². The molecule has 0 aliphatic carbocycles. The molecular weight excluding hydrogens is 238 g/mol. The molecule has 2 rings (SSSR count). The monoisotopic (exact) mass is 255 g/mol. The molecule has 1 aromatic carbocycles. The maximum absolute atomic E-state index is 11.3. The Hall–Kier alpha value is -1.07. The minimum Gasteiger partial charge on any atom is -0.507 e. The van der Waals surface area contributed by atoms with E-state index in [2.05, 4.69) is 5.32 Å². The average Bonchev–Trinajstić information content (AvgIpc) is 2.68. The van der Waals surface area contributed by atoms with Gasteiger partial charge in [-0.05, 0) is 43.5 Å². The van der Waals surface area contributed by atoms with Gasteiger partial charge in [0, 0.05) is 12.3 Å². The van der Waals surface area contributed by atoms with E-state index in [1.807, 2.05) is 0 Å². The third-order valence-electron chi connectivity index (χ3n) is 3.07. The van der Waals surface area contributed by atoms with Crippen LogP contribution < -0.4 is 5.32 Å². The molecule has 0 aromatic heterocycles. The molecule has 0 amide bonds. The van der Waals surface area contributed by atoms with E-state index in [0.29, 0.717) is 6.04 Å². The Labute approximate surface area is 102 Å². The average molecular weight is 255 g/mol. The maximum atomic E-state index is 11.3. The van der Waals surface area contributed by atoms with E-state index in [4.69, 9.17) is 0 Å². The molecule has 0 saturated carbocycles. The first-order chi connectivity index (χ1) is 7.97. The van der Waals surface area contributed by atoms with Crippen molar-refractivity contribution < 1.29 is 13.5 Å². The van der Waals surface area contributed by atoms with Crippen LogP contribution in [0.2, 0.25) is 0 Å². The molecule has 0 radical (unpaired) electrons. The van der Waals surface area contributed by atoms with Gasteiger partial charge in [-0.3, -0.25) is 0 Å². The van der Waals surface area contributed by atoms with Crippen molar-refractivity contribution in [3.05, 3.63) is 23.8 Å². The lowest BCUT2D eigenvalue weighted by Crippen LogP contribution is -2.23. The highest BCUT2D eigenvalue weighted by Crippen LogP contribution is 2.24. The van der Waals surface area contributed by atoms with E-state index in [0.717, 1.165) is 31.2 Å². The Morgan fingerprint density at radius 3 is 2.76 bits per heavy atom. The Kier molecular flexibility index (Phi) is 3.40. The van der Waals surface area contributed by atoms with Crippen LogP contribution >= 0.6 is 0 Å². The first-order valence-corrected chi connectivity index (χ1v) is 7.61. The highest BCUT2D eigenvalue weighted by atomic mass is 32.2. The molecule has 94 valence electrons. The van der Waals surface area contributed by atoms with Crippen LogP contribution in [0.4, 0.5) is 0 Å². The molecule has 1 unspecified atom stereocenters.